The van der Waals surface area contributed by atoms with Crippen LogP contribution in [0, 0.1) is 5.82 Å². The second kappa shape index (κ2) is 8.77. The van der Waals surface area contributed by atoms with Gasteiger partial charge in [0.1, 0.15) is 5.82 Å². The monoisotopic (exact) mass is 392 g/mol. The molecule has 1 N–H and O–H groups in total. The number of sulfonamides is 1. The lowest BCUT2D eigenvalue weighted by Crippen LogP contribution is -2.31. The van der Waals surface area contributed by atoms with Crippen molar-refractivity contribution in [2.75, 3.05) is 22.4 Å². The Bertz CT molecular complexity index is 927. The van der Waals surface area contributed by atoms with Crippen LogP contribution < -0.4 is 9.62 Å². The topological polar surface area (TPSA) is 83.6 Å². The first-order valence-electron chi connectivity index (χ1n) is 8.31. The van der Waals surface area contributed by atoms with Crippen molar-refractivity contribution in [2.24, 2.45) is 0 Å². The third-order valence-corrected chi connectivity index (χ3v) is 5.03. The summed E-state index contributed by atoms with van der Waals surface area (Å²) in [5, 5.41) is 2.69. The van der Waals surface area contributed by atoms with E-state index in [1.165, 1.54) is 31.2 Å². The van der Waals surface area contributed by atoms with Crippen molar-refractivity contribution in [1.29, 1.82) is 0 Å². The fraction of sp³-hybridized carbons (Fsp3) is 0.263. The van der Waals surface area contributed by atoms with Crippen LogP contribution in [-0.2, 0) is 14.8 Å². The molecule has 0 aliphatic carbocycles. The Labute approximate surface area is 158 Å². The summed E-state index contributed by atoms with van der Waals surface area (Å²) in [5.74, 6) is -0.850. The number of hydrogen-bond acceptors (Lipinski definition) is 4. The van der Waals surface area contributed by atoms with E-state index in [1.54, 1.807) is 24.3 Å². The summed E-state index contributed by atoms with van der Waals surface area (Å²) in [6, 6.07) is 11.7. The summed E-state index contributed by atoms with van der Waals surface area (Å²) in [6.45, 7) is 1.53. The first kappa shape index (κ1) is 20.6. The molecule has 8 heteroatoms. The van der Waals surface area contributed by atoms with Crippen molar-refractivity contribution in [1.82, 2.24) is 0 Å². The van der Waals surface area contributed by atoms with Gasteiger partial charge in [0.2, 0.25) is 15.9 Å². The van der Waals surface area contributed by atoms with E-state index in [4.69, 9.17) is 0 Å². The van der Waals surface area contributed by atoms with Crippen LogP contribution in [0.2, 0.25) is 0 Å². The highest BCUT2D eigenvalue weighted by Crippen LogP contribution is 2.19. The predicted octanol–water partition coefficient (Wildman–Crippen LogP) is 3.21. The number of amides is 1. The molecule has 0 bridgehead atoms. The van der Waals surface area contributed by atoms with Gasteiger partial charge < -0.3 is 5.32 Å². The molecule has 0 unspecified atom stereocenters. The van der Waals surface area contributed by atoms with Crippen molar-refractivity contribution < 1.29 is 22.4 Å². The number of carbonyl (C=O) groups excluding carboxylic acids is 2. The molecule has 2 aromatic carbocycles. The number of rotatable bonds is 8. The zero-order valence-electron chi connectivity index (χ0n) is 15.1. The summed E-state index contributed by atoms with van der Waals surface area (Å²) in [5.41, 5.74) is 1.34. The molecule has 0 aromatic heterocycles. The van der Waals surface area contributed by atoms with E-state index in [2.05, 4.69) is 5.32 Å². The van der Waals surface area contributed by atoms with E-state index in [0.29, 0.717) is 16.9 Å². The summed E-state index contributed by atoms with van der Waals surface area (Å²) in [7, 11) is -3.56. The molecular weight excluding hydrogens is 371 g/mol. The minimum atomic E-state index is -3.56. The standard InChI is InChI=1S/C19H21FN2O4S/c1-14(23)15-5-3-6-17(13-15)21-19(24)7-4-12-22(27(2,25)26)18-10-8-16(20)9-11-18/h3,5-6,8-11,13H,4,7,12H2,1-2H3,(H,21,24). The highest BCUT2D eigenvalue weighted by Gasteiger charge is 2.17. The fourth-order valence-corrected chi connectivity index (χ4v) is 3.48. The molecule has 27 heavy (non-hydrogen) atoms. The third-order valence-electron chi connectivity index (χ3n) is 3.83. The van der Waals surface area contributed by atoms with E-state index >= 15 is 0 Å². The first-order valence-corrected chi connectivity index (χ1v) is 10.2. The minimum Gasteiger partial charge on any atom is -0.326 e. The quantitative estimate of drug-likeness (QED) is 0.699. The Morgan fingerprint density at radius 3 is 2.37 bits per heavy atom. The van der Waals surface area contributed by atoms with E-state index in [0.717, 1.165) is 10.6 Å². The molecule has 0 fully saturated rings. The van der Waals surface area contributed by atoms with Crippen LogP contribution >= 0.6 is 0 Å². The van der Waals surface area contributed by atoms with Gasteiger partial charge in [-0.15, -0.1) is 0 Å². The van der Waals surface area contributed by atoms with Crippen molar-refractivity contribution in [3.05, 3.63) is 59.9 Å². The predicted molar refractivity (Wildman–Crippen MR) is 103 cm³/mol. The third kappa shape index (κ3) is 6.18. The molecule has 0 aliphatic rings. The van der Waals surface area contributed by atoms with Crippen molar-refractivity contribution in [2.45, 2.75) is 19.8 Å². The Hall–Kier alpha value is -2.74. The lowest BCUT2D eigenvalue weighted by atomic mass is 10.1. The number of anilines is 2. The molecule has 6 nitrogen and oxygen atoms in total. The SMILES string of the molecule is CC(=O)c1cccc(NC(=O)CCCN(c2ccc(F)cc2)S(C)(=O)=O)c1. The maximum atomic E-state index is 13.0. The van der Waals surface area contributed by atoms with Crippen LogP contribution in [-0.4, -0.2) is 32.9 Å². The van der Waals surface area contributed by atoms with Gasteiger partial charge in [0, 0.05) is 24.2 Å². The number of Topliss-reactive ketones (excluding diaryl/α,β-unsaturated/α-hetero) is 1. The summed E-state index contributed by atoms with van der Waals surface area (Å²) >= 11 is 0. The van der Waals surface area contributed by atoms with Gasteiger partial charge >= 0.3 is 0 Å². The molecule has 0 radical (unpaired) electrons. The molecule has 144 valence electrons. The van der Waals surface area contributed by atoms with Gasteiger partial charge in [0.25, 0.3) is 0 Å². The lowest BCUT2D eigenvalue weighted by Gasteiger charge is -2.22. The zero-order chi connectivity index (χ0) is 20.0. The molecular formula is C19H21FN2O4S. The van der Waals surface area contributed by atoms with Crippen LogP contribution in [0.4, 0.5) is 15.8 Å². The van der Waals surface area contributed by atoms with Gasteiger partial charge in [-0.3, -0.25) is 13.9 Å². The molecule has 2 rings (SSSR count). The van der Waals surface area contributed by atoms with Gasteiger partial charge in [0.15, 0.2) is 5.78 Å². The Balaban J connectivity index is 1.96. The molecule has 1 amide bonds. The van der Waals surface area contributed by atoms with Crippen molar-refractivity contribution in [3.63, 3.8) is 0 Å². The molecule has 0 saturated heterocycles. The van der Waals surface area contributed by atoms with E-state index < -0.39 is 15.8 Å². The smallest absolute Gasteiger partial charge is 0.232 e. The highest BCUT2D eigenvalue weighted by molar-refractivity contribution is 7.92. The fourth-order valence-electron chi connectivity index (χ4n) is 2.52. The van der Waals surface area contributed by atoms with Crippen LogP contribution in [0.5, 0.6) is 0 Å². The second-order valence-electron chi connectivity index (χ2n) is 6.10. The summed E-state index contributed by atoms with van der Waals surface area (Å²) in [6.07, 6.45) is 1.43. The number of carbonyl (C=O) groups is 2. The van der Waals surface area contributed by atoms with Gasteiger partial charge in [-0.1, -0.05) is 12.1 Å². The van der Waals surface area contributed by atoms with Gasteiger partial charge in [0.05, 0.1) is 11.9 Å². The average molecular weight is 392 g/mol. The highest BCUT2D eigenvalue weighted by atomic mass is 32.2. The molecule has 0 atom stereocenters. The Morgan fingerprint density at radius 1 is 1.11 bits per heavy atom. The molecule has 0 heterocycles. The number of nitrogens with zero attached hydrogens (tertiary/aromatic N) is 1. The van der Waals surface area contributed by atoms with Gasteiger partial charge in [-0.2, -0.15) is 0 Å². The Morgan fingerprint density at radius 2 is 1.78 bits per heavy atom. The maximum absolute atomic E-state index is 13.0. The summed E-state index contributed by atoms with van der Waals surface area (Å²) in [4.78, 5) is 23.5. The number of halogens is 1. The summed E-state index contributed by atoms with van der Waals surface area (Å²) < 4.78 is 38.2. The van der Waals surface area contributed by atoms with E-state index in [9.17, 15) is 22.4 Å². The number of benzene rings is 2. The Kier molecular flexibility index (Phi) is 6.68. The number of hydrogen-bond donors (Lipinski definition) is 1. The van der Waals surface area contributed by atoms with Crippen molar-refractivity contribution in [3.8, 4) is 0 Å². The second-order valence-corrected chi connectivity index (χ2v) is 8.01. The lowest BCUT2D eigenvalue weighted by molar-refractivity contribution is -0.116. The molecule has 0 aliphatic heterocycles. The van der Waals surface area contributed by atoms with Crippen LogP contribution in [0.3, 0.4) is 0 Å². The average Bonchev–Trinajstić information content (AvgIpc) is 2.59. The van der Waals surface area contributed by atoms with Crippen molar-refractivity contribution >= 4 is 33.1 Å². The van der Waals surface area contributed by atoms with Crippen LogP contribution in [0.25, 0.3) is 0 Å². The van der Waals surface area contributed by atoms with Gasteiger partial charge in [-0.05, 0) is 49.7 Å². The number of ketones is 1. The normalized spacial score (nSPS) is 11.1. The molecule has 0 spiro atoms. The van der Waals surface area contributed by atoms with E-state index in [1.807, 2.05) is 0 Å². The largest absolute Gasteiger partial charge is 0.326 e. The van der Waals surface area contributed by atoms with Crippen LogP contribution in [0.1, 0.15) is 30.1 Å². The minimum absolute atomic E-state index is 0.0887. The molecule has 0 saturated carbocycles. The van der Waals surface area contributed by atoms with Gasteiger partial charge in [-0.25, -0.2) is 12.8 Å². The molecule has 2 aromatic rings. The maximum Gasteiger partial charge on any atom is 0.232 e. The number of nitrogens with one attached hydrogen (secondary N) is 1. The van der Waals surface area contributed by atoms with Crippen LogP contribution in [0.15, 0.2) is 48.5 Å². The zero-order valence-corrected chi connectivity index (χ0v) is 15.9. The first-order chi connectivity index (χ1) is 12.7. The van der Waals surface area contributed by atoms with E-state index in [-0.39, 0.29) is 31.1 Å².